The molecule has 0 spiro atoms. The van der Waals surface area contributed by atoms with Gasteiger partial charge in [-0.3, -0.25) is 9.47 Å². The molecule has 1 fully saturated rings. The van der Waals surface area contributed by atoms with E-state index in [-0.39, 0.29) is 0 Å². The second kappa shape index (κ2) is 6.83. The molecule has 138 valence electrons. The number of hydrogen-bond donors (Lipinski definition) is 0. The first-order chi connectivity index (χ1) is 13.3. The molecular formula is C20H20N4O2S. The fraction of sp³-hybridized carbons (Fsp3) is 0.300. The van der Waals surface area contributed by atoms with Gasteiger partial charge in [0, 0.05) is 18.3 Å². The number of rotatable bonds is 4. The summed E-state index contributed by atoms with van der Waals surface area (Å²) < 4.78 is 15.5. The third-order valence-corrected chi connectivity index (χ3v) is 5.64. The monoisotopic (exact) mass is 380 g/mol. The van der Waals surface area contributed by atoms with Crippen LogP contribution in [0.5, 0.6) is 11.5 Å². The van der Waals surface area contributed by atoms with Crippen LogP contribution in [0.2, 0.25) is 0 Å². The van der Waals surface area contributed by atoms with Crippen molar-refractivity contribution < 1.29 is 9.47 Å². The molecule has 0 radical (unpaired) electrons. The quantitative estimate of drug-likeness (QED) is 0.642. The van der Waals surface area contributed by atoms with Crippen molar-refractivity contribution in [3.05, 3.63) is 65.2 Å². The molecule has 2 aliphatic rings. The van der Waals surface area contributed by atoms with Gasteiger partial charge in [-0.1, -0.05) is 24.3 Å². The summed E-state index contributed by atoms with van der Waals surface area (Å²) in [5.41, 5.74) is 2.29. The van der Waals surface area contributed by atoms with Crippen LogP contribution in [0.4, 0.5) is 0 Å². The number of aromatic nitrogens is 3. The Labute approximate surface area is 162 Å². The molecule has 0 aliphatic carbocycles. The van der Waals surface area contributed by atoms with Gasteiger partial charge >= 0.3 is 0 Å². The van der Waals surface area contributed by atoms with Crippen LogP contribution in [0.25, 0.3) is 5.69 Å². The van der Waals surface area contributed by atoms with E-state index in [2.05, 4.69) is 22.1 Å². The Bertz CT molecular complexity index is 1010. The Morgan fingerprint density at radius 2 is 1.93 bits per heavy atom. The number of nitrogens with zero attached hydrogens (tertiary/aromatic N) is 4. The topological polar surface area (TPSA) is 44.5 Å². The second-order valence-electron chi connectivity index (χ2n) is 6.84. The van der Waals surface area contributed by atoms with Crippen LogP contribution >= 0.6 is 12.2 Å². The molecule has 3 heterocycles. The van der Waals surface area contributed by atoms with Crippen LogP contribution in [-0.4, -0.2) is 32.6 Å². The van der Waals surface area contributed by atoms with Crippen LogP contribution in [0.3, 0.4) is 0 Å². The van der Waals surface area contributed by atoms with E-state index < -0.39 is 0 Å². The van der Waals surface area contributed by atoms with Crippen LogP contribution in [0.15, 0.2) is 54.9 Å². The van der Waals surface area contributed by atoms with Crippen molar-refractivity contribution in [3.8, 4) is 17.2 Å². The van der Waals surface area contributed by atoms with E-state index in [1.165, 1.54) is 5.56 Å². The number of ether oxygens (including phenoxy) is 2. The standard InChI is InChI=1S/C20H20N4O2S/c27-20-23(16-5-2-1-3-6-16)12-21-24(20)13-22-10-4-7-17(22)15-8-9-18-19(11-15)26-14-25-18/h1-3,5-6,8-9,11-12,17H,4,7,10,13-14H2. The summed E-state index contributed by atoms with van der Waals surface area (Å²) in [6, 6.07) is 16.7. The lowest BCUT2D eigenvalue weighted by Gasteiger charge is -2.24. The molecule has 2 aromatic carbocycles. The number of benzene rings is 2. The summed E-state index contributed by atoms with van der Waals surface area (Å²) in [5.74, 6) is 1.66. The fourth-order valence-corrected chi connectivity index (χ4v) is 4.12. The van der Waals surface area contributed by atoms with Crippen molar-refractivity contribution in [3.63, 3.8) is 0 Å². The fourth-order valence-electron chi connectivity index (χ4n) is 3.87. The molecule has 7 heteroatoms. The van der Waals surface area contributed by atoms with Crippen molar-refractivity contribution in [2.24, 2.45) is 0 Å². The van der Waals surface area contributed by atoms with Crippen LogP contribution in [-0.2, 0) is 6.67 Å². The first-order valence-corrected chi connectivity index (χ1v) is 9.54. The first kappa shape index (κ1) is 16.5. The van der Waals surface area contributed by atoms with Gasteiger partial charge in [-0.15, -0.1) is 0 Å². The van der Waals surface area contributed by atoms with Gasteiger partial charge in [0.1, 0.15) is 6.33 Å². The molecule has 1 saturated heterocycles. The summed E-state index contributed by atoms with van der Waals surface area (Å²) in [6.45, 7) is 2.01. The largest absolute Gasteiger partial charge is 0.454 e. The second-order valence-corrected chi connectivity index (χ2v) is 7.21. The predicted molar refractivity (Wildman–Crippen MR) is 104 cm³/mol. The summed E-state index contributed by atoms with van der Waals surface area (Å²) in [5, 5.41) is 4.53. The van der Waals surface area contributed by atoms with E-state index >= 15 is 0 Å². The molecule has 0 saturated carbocycles. The molecule has 1 unspecified atom stereocenters. The smallest absolute Gasteiger partial charge is 0.231 e. The maximum absolute atomic E-state index is 5.66. The van der Waals surface area contributed by atoms with Gasteiger partial charge in [-0.25, -0.2) is 4.68 Å². The molecule has 0 amide bonds. The molecule has 0 N–H and O–H groups in total. The van der Waals surface area contributed by atoms with E-state index in [0.29, 0.717) is 24.3 Å². The molecule has 1 atom stereocenters. The molecule has 3 aromatic rings. The average Bonchev–Trinajstić information content (AvgIpc) is 3.43. The van der Waals surface area contributed by atoms with Crippen LogP contribution in [0, 0.1) is 4.77 Å². The minimum absolute atomic E-state index is 0.305. The molecule has 1 aromatic heterocycles. The van der Waals surface area contributed by atoms with Crippen molar-refractivity contribution in [1.29, 1.82) is 0 Å². The lowest BCUT2D eigenvalue weighted by molar-refractivity contribution is 0.173. The van der Waals surface area contributed by atoms with E-state index in [4.69, 9.17) is 21.7 Å². The summed E-state index contributed by atoms with van der Waals surface area (Å²) >= 11 is 5.66. The van der Waals surface area contributed by atoms with E-state index in [0.717, 1.165) is 36.6 Å². The Hall–Kier alpha value is -2.64. The van der Waals surface area contributed by atoms with Crippen LogP contribution < -0.4 is 9.47 Å². The molecule has 27 heavy (non-hydrogen) atoms. The highest BCUT2D eigenvalue weighted by Gasteiger charge is 2.28. The van der Waals surface area contributed by atoms with Crippen molar-refractivity contribution in [1.82, 2.24) is 19.2 Å². The highest BCUT2D eigenvalue weighted by molar-refractivity contribution is 7.71. The average molecular weight is 380 g/mol. The number of likely N-dealkylation sites (tertiary alicyclic amines) is 1. The summed E-state index contributed by atoms with van der Waals surface area (Å²) in [4.78, 5) is 2.43. The zero-order valence-electron chi connectivity index (χ0n) is 14.8. The minimum atomic E-state index is 0.305. The zero-order valence-corrected chi connectivity index (χ0v) is 15.6. The minimum Gasteiger partial charge on any atom is -0.454 e. The lowest BCUT2D eigenvalue weighted by Crippen LogP contribution is -2.27. The van der Waals surface area contributed by atoms with Gasteiger partial charge < -0.3 is 9.47 Å². The van der Waals surface area contributed by atoms with Gasteiger partial charge in [0.25, 0.3) is 0 Å². The summed E-state index contributed by atoms with van der Waals surface area (Å²) in [7, 11) is 0. The van der Waals surface area contributed by atoms with Gasteiger partial charge in [0.2, 0.25) is 11.6 Å². The third kappa shape index (κ3) is 3.02. The highest BCUT2D eigenvalue weighted by atomic mass is 32.1. The number of fused-ring (bicyclic) bond motifs is 1. The number of para-hydroxylation sites is 1. The Morgan fingerprint density at radius 3 is 2.81 bits per heavy atom. The maximum atomic E-state index is 5.66. The van der Waals surface area contributed by atoms with Gasteiger partial charge in [-0.2, -0.15) is 5.10 Å². The SMILES string of the molecule is S=c1n(-c2ccccc2)cnn1CN1CCCC1c1ccc2c(c1)OCO2. The van der Waals surface area contributed by atoms with Gasteiger partial charge in [0.05, 0.1) is 6.67 Å². The third-order valence-electron chi connectivity index (χ3n) is 5.23. The molecular weight excluding hydrogens is 360 g/mol. The van der Waals surface area contributed by atoms with Crippen molar-refractivity contribution >= 4 is 12.2 Å². The molecule has 0 bridgehead atoms. The zero-order chi connectivity index (χ0) is 18.2. The lowest BCUT2D eigenvalue weighted by atomic mass is 10.0. The maximum Gasteiger partial charge on any atom is 0.231 e. The normalized spacial score (nSPS) is 18.9. The van der Waals surface area contributed by atoms with Crippen molar-refractivity contribution in [2.75, 3.05) is 13.3 Å². The Balaban J connectivity index is 1.39. The predicted octanol–water partition coefficient (Wildman–Crippen LogP) is 3.93. The van der Waals surface area contributed by atoms with Crippen molar-refractivity contribution in [2.45, 2.75) is 25.6 Å². The van der Waals surface area contributed by atoms with Gasteiger partial charge in [0.15, 0.2) is 11.5 Å². The first-order valence-electron chi connectivity index (χ1n) is 9.13. The number of hydrogen-bond acceptors (Lipinski definition) is 5. The Kier molecular flexibility index (Phi) is 4.18. The molecule has 5 rings (SSSR count). The van der Waals surface area contributed by atoms with E-state index in [1.807, 2.05) is 45.6 Å². The summed E-state index contributed by atoms with van der Waals surface area (Å²) in [6.07, 6.45) is 4.07. The highest BCUT2D eigenvalue weighted by Crippen LogP contribution is 2.39. The van der Waals surface area contributed by atoms with Crippen LogP contribution in [0.1, 0.15) is 24.4 Å². The van der Waals surface area contributed by atoms with Gasteiger partial charge in [-0.05, 0) is 54.9 Å². The van der Waals surface area contributed by atoms with E-state index in [1.54, 1.807) is 6.33 Å². The Morgan fingerprint density at radius 1 is 1.07 bits per heavy atom. The molecule has 2 aliphatic heterocycles. The molecule has 6 nitrogen and oxygen atoms in total. The van der Waals surface area contributed by atoms with E-state index in [9.17, 15) is 0 Å².